The van der Waals surface area contributed by atoms with Crippen molar-refractivity contribution < 1.29 is 0 Å². The van der Waals surface area contributed by atoms with Crippen molar-refractivity contribution in [3.8, 4) is 22.4 Å². The van der Waals surface area contributed by atoms with Crippen molar-refractivity contribution in [2.75, 3.05) is 0 Å². The van der Waals surface area contributed by atoms with Crippen molar-refractivity contribution in [2.45, 2.75) is 19.3 Å². The highest BCUT2D eigenvalue weighted by Crippen LogP contribution is 2.33. The predicted octanol–water partition coefficient (Wildman–Crippen LogP) is 4.55. The number of aryl methyl sites for hydroxylation is 2. The van der Waals surface area contributed by atoms with Crippen LogP contribution in [0, 0.1) is 0 Å². The van der Waals surface area contributed by atoms with E-state index in [1.54, 1.807) is 0 Å². The molecule has 0 amide bonds. The second-order valence-corrected chi connectivity index (χ2v) is 6.35. The number of rotatable bonds is 2. The second-order valence-electron chi connectivity index (χ2n) is 6.35. The molecule has 1 aliphatic rings. The lowest BCUT2D eigenvalue weighted by atomic mass is 9.98. The van der Waals surface area contributed by atoms with Crippen LogP contribution < -0.4 is 0 Å². The maximum atomic E-state index is 4.69. The van der Waals surface area contributed by atoms with Gasteiger partial charge in [0.1, 0.15) is 5.65 Å². The average molecular weight is 311 g/mol. The van der Waals surface area contributed by atoms with Gasteiger partial charge in [0.25, 0.3) is 0 Å². The van der Waals surface area contributed by atoms with Crippen molar-refractivity contribution in [3.05, 3.63) is 78.4 Å². The van der Waals surface area contributed by atoms with E-state index in [0.29, 0.717) is 0 Å². The monoisotopic (exact) mass is 311 g/mol. The normalized spacial score (nSPS) is 13.3. The Hall–Kier alpha value is -2.94. The third kappa shape index (κ3) is 2.13. The molecule has 5 rings (SSSR count). The van der Waals surface area contributed by atoms with Crippen LogP contribution in [0.1, 0.15) is 17.5 Å². The first-order chi connectivity index (χ1) is 11.9. The van der Waals surface area contributed by atoms with E-state index in [-0.39, 0.29) is 0 Å². The van der Waals surface area contributed by atoms with Gasteiger partial charge in [-0.3, -0.25) is 4.98 Å². The number of hydrogen-bond donors (Lipinski definition) is 0. The zero-order valence-electron chi connectivity index (χ0n) is 13.3. The summed E-state index contributed by atoms with van der Waals surface area (Å²) < 4.78 is 2.05. The van der Waals surface area contributed by atoms with E-state index in [1.807, 2.05) is 24.7 Å². The molecule has 0 radical (unpaired) electrons. The molecule has 0 saturated carbocycles. The summed E-state index contributed by atoms with van der Waals surface area (Å²) in [6.07, 6.45) is 11.5. The highest BCUT2D eigenvalue weighted by atomic mass is 15.0. The molecule has 0 aliphatic heterocycles. The Morgan fingerprint density at radius 3 is 2.75 bits per heavy atom. The van der Waals surface area contributed by atoms with Gasteiger partial charge >= 0.3 is 0 Å². The standard InChI is InChI=1S/C21H17N3/c1-3-15-6-7-17(13-16(15)4-1)21-19(5-2-10-23-21)18-8-9-20-22-11-12-24(20)14-18/h2,5-14H,1,3-4H2. The Balaban J connectivity index is 1.67. The number of aromatic nitrogens is 3. The van der Waals surface area contributed by atoms with Crippen LogP contribution in [0.25, 0.3) is 28.0 Å². The van der Waals surface area contributed by atoms with Crippen LogP contribution >= 0.6 is 0 Å². The van der Waals surface area contributed by atoms with E-state index in [9.17, 15) is 0 Å². The van der Waals surface area contributed by atoms with Gasteiger partial charge in [0.2, 0.25) is 0 Å². The van der Waals surface area contributed by atoms with Crippen LogP contribution in [-0.4, -0.2) is 14.4 Å². The maximum absolute atomic E-state index is 4.69. The fourth-order valence-corrected chi connectivity index (χ4v) is 3.67. The molecule has 0 bridgehead atoms. The molecule has 0 unspecified atom stereocenters. The number of hydrogen-bond acceptors (Lipinski definition) is 2. The third-order valence-corrected chi connectivity index (χ3v) is 4.88. The molecular formula is C21H17N3. The smallest absolute Gasteiger partial charge is 0.136 e. The van der Waals surface area contributed by atoms with Gasteiger partial charge in [-0.25, -0.2) is 4.98 Å². The molecule has 1 aromatic carbocycles. The zero-order valence-corrected chi connectivity index (χ0v) is 13.3. The van der Waals surface area contributed by atoms with Crippen LogP contribution in [0.2, 0.25) is 0 Å². The second kappa shape index (κ2) is 5.31. The maximum Gasteiger partial charge on any atom is 0.136 e. The van der Waals surface area contributed by atoms with Gasteiger partial charge < -0.3 is 4.40 Å². The van der Waals surface area contributed by atoms with Gasteiger partial charge in [-0.1, -0.05) is 18.2 Å². The van der Waals surface area contributed by atoms with Crippen molar-refractivity contribution in [1.29, 1.82) is 0 Å². The van der Waals surface area contributed by atoms with E-state index in [2.05, 4.69) is 52.0 Å². The van der Waals surface area contributed by atoms with E-state index in [1.165, 1.54) is 36.0 Å². The summed E-state index contributed by atoms with van der Waals surface area (Å²) in [5.74, 6) is 0. The fraction of sp³-hybridized carbons (Fsp3) is 0.143. The molecule has 3 heterocycles. The molecule has 3 heteroatoms. The Kier molecular flexibility index (Phi) is 2.98. The summed E-state index contributed by atoms with van der Waals surface area (Å²) in [6.45, 7) is 0. The number of pyridine rings is 2. The lowest BCUT2D eigenvalue weighted by Gasteiger charge is -2.11. The minimum absolute atomic E-state index is 0.960. The van der Waals surface area contributed by atoms with Crippen LogP contribution in [0.3, 0.4) is 0 Å². The molecule has 116 valence electrons. The molecule has 0 spiro atoms. The van der Waals surface area contributed by atoms with E-state index < -0.39 is 0 Å². The minimum Gasteiger partial charge on any atom is -0.306 e. The fourth-order valence-electron chi connectivity index (χ4n) is 3.67. The molecule has 4 aromatic rings. The van der Waals surface area contributed by atoms with Crippen molar-refractivity contribution in [3.63, 3.8) is 0 Å². The summed E-state index contributed by atoms with van der Waals surface area (Å²) in [4.78, 5) is 9.01. The van der Waals surface area contributed by atoms with Gasteiger partial charge in [0.05, 0.1) is 5.69 Å². The number of benzene rings is 1. The first-order valence-electron chi connectivity index (χ1n) is 8.39. The van der Waals surface area contributed by atoms with Crippen molar-refractivity contribution in [1.82, 2.24) is 14.4 Å². The summed E-state index contributed by atoms with van der Waals surface area (Å²) in [6, 6.07) is 15.1. The topological polar surface area (TPSA) is 30.2 Å². The molecule has 0 atom stereocenters. The average Bonchev–Trinajstić information content (AvgIpc) is 3.29. The van der Waals surface area contributed by atoms with E-state index >= 15 is 0 Å². The summed E-state index contributed by atoms with van der Waals surface area (Å²) in [7, 11) is 0. The molecule has 24 heavy (non-hydrogen) atoms. The summed E-state index contributed by atoms with van der Waals surface area (Å²) in [5.41, 5.74) is 8.51. The SMILES string of the molecule is c1cnc(-c2ccc3c(c2)CCC3)c(-c2ccc3nccn3c2)c1. The Morgan fingerprint density at radius 1 is 0.833 bits per heavy atom. The number of nitrogens with zero attached hydrogens (tertiary/aromatic N) is 3. The van der Waals surface area contributed by atoms with Crippen molar-refractivity contribution >= 4 is 5.65 Å². The van der Waals surface area contributed by atoms with Crippen LogP contribution in [0.5, 0.6) is 0 Å². The first-order valence-corrected chi connectivity index (χ1v) is 8.39. The zero-order chi connectivity index (χ0) is 15.9. The highest BCUT2D eigenvalue weighted by molar-refractivity contribution is 5.81. The quantitative estimate of drug-likeness (QED) is 0.543. The molecule has 1 aliphatic carbocycles. The Labute approximate surface area is 140 Å². The summed E-state index contributed by atoms with van der Waals surface area (Å²) in [5, 5.41) is 0. The molecule has 0 fully saturated rings. The Bertz CT molecular complexity index is 1050. The molecule has 0 N–H and O–H groups in total. The van der Waals surface area contributed by atoms with Gasteiger partial charge in [-0.15, -0.1) is 0 Å². The van der Waals surface area contributed by atoms with Crippen molar-refractivity contribution in [2.24, 2.45) is 0 Å². The van der Waals surface area contributed by atoms with Gasteiger partial charge in [-0.05, 0) is 54.7 Å². The number of imidazole rings is 1. The number of fused-ring (bicyclic) bond motifs is 2. The molecule has 0 saturated heterocycles. The van der Waals surface area contributed by atoms with Crippen LogP contribution in [0.15, 0.2) is 67.3 Å². The summed E-state index contributed by atoms with van der Waals surface area (Å²) >= 11 is 0. The lowest BCUT2D eigenvalue weighted by Crippen LogP contribution is -1.92. The Morgan fingerprint density at radius 2 is 1.75 bits per heavy atom. The van der Waals surface area contributed by atoms with Crippen LogP contribution in [-0.2, 0) is 12.8 Å². The molecule has 3 nitrogen and oxygen atoms in total. The molecular weight excluding hydrogens is 294 g/mol. The van der Waals surface area contributed by atoms with E-state index in [0.717, 1.165) is 22.5 Å². The minimum atomic E-state index is 0.960. The van der Waals surface area contributed by atoms with E-state index in [4.69, 9.17) is 4.98 Å². The molecule has 3 aromatic heterocycles. The van der Waals surface area contributed by atoms with Gasteiger partial charge in [0, 0.05) is 41.5 Å². The lowest BCUT2D eigenvalue weighted by molar-refractivity contribution is 0.912. The predicted molar refractivity (Wildman–Crippen MR) is 95.9 cm³/mol. The first kappa shape index (κ1) is 13.5. The largest absolute Gasteiger partial charge is 0.306 e. The van der Waals surface area contributed by atoms with Gasteiger partial charge in [0.15, 0.2) is 0 Å². The highest BCUT2D eigenvalue weighted by Gasteiger charge is 2.14. The van der Waals surface area contributed by atoms with Crippen LogP contribution in [0.4, 0.5) is 0 Å². The third-order valence-electron chi connectivity index (χ3n) is 4.88. The van der Waals surface area contributed by atoms with Gasteiger partial charge in [-0.2, -0.15) is 0 Å².